The molecule has 0 aliphatic carbocycles. The van der Waals surface area contributed by atoms with Gasteiger partial charge in [0.2, 0.25) is 0 Å². The molecule has 1 aliphatic heterocycles. The van der Waals surface area contributed by atoms with Crippen molar-refractivity contribution in [3.63, 3.8) is 0 Å². The Morgan fingerprint density at radius 2 is 1.92 bits per heavy atom. The molecule has 1 saturated heterocycles. The molecule has 1 fully saturated rings. The molecular weight excluding hydrogens is 319 g/mol. The normalized spacial score (nSPS) is 16.8. The third kappa shape index (κ3) is 3.72. The third-order valence-corrected chi connectivity index (χ3v) is 4.43. The monoisotopic (exact) mass is 341 g/mol. The Bertz CT molecular complexity index is 690. The highest BCUT2D eigenvalue weighted by Gasteiger charge is 2.31. The van der Waals surface area contributed by atoms with Crippen LogP contribution in [0.3, 0.4) is 0 Å². The highest BCUT2D eigenvalue weighted by Crippen LogP contribution is 2.31. The second-order valence-corrected chi connectivity index (χ2v) is 6.04. The van der Waals surface area contributed by atoms with E-state index in [0.29, 0.717) is 11.9 Å². The first kappa shape index (κ1) is 17.2. The van der Waals surface area contributed by atoms with Gasteiger partial charge >= 0.3 is 6.18 Å². The Hall–Kier alpha value is -1.60. The van der Waals surface area contributed by atoms with E-state index in [-0.39, 0.29) is 0 Å². The molecule has 1 aromatic carbocycles. The summed E-state index contributed by atoms with van der Waals surface area (Å²) in [6.07, 6.45) is -2.69. The van der Waals surface area contributed by atoms with Gasteiger partial charge in [-0.3, -0.25) is 4.90 Å². The fourth-order valence-electron chi connectivity index (χ4n) is 3.15. The average Bonchev–Trinajstić information content (AvgIpc) is 2.92. The number of nitrogens with zero attached hydrogens (tertiary/aromatic N) is 3. The minimum absolute atomic E-state index is 0.424. The average molecular weight is 341 g/mol. The van der Waals surface area contributed by atoms with Gasteiger partial charge in [0.15, 0.2) is 0 Å². The summed E-state index contributed by atoms with van der Waals surface area (Å²) in [5.41, 5.74) is 0.561. The molecule has 132 valence electrons. The molecule has 1 aromatic heterocycles. The summed E-state index contributed by atoms with van der Waals surface area (Å²) in [5.74, 6) is 0.839. The number of rotatable bonds is 5. The zero-order valence-corrected chi connectivity index (χ0v) is 13.8. The van der Waals surface area contributed by atoms with Crippen LogP contribution in [0.5, 0.6) is 0 Å². The van der Waals surface area contributed by atoms with E-state index in [1.165, 1.54) is 0 Å². The number of halogens is 3. The predicted octanol–water partition coefficient (Wildman–Crippen LogP) is 3.34. The Morgan fingerprint density at radius 3 is 2.58 bits per heavy atom. The van der Waals surface area contributed by atoms with Gasteiger partial charge in [0.25, 0.3) is 0 Å². The molecule has 1 aliphatic rings. The first-order valence-electron chi connectivity index (χ1n) is 8.35. The maximum atomic E-state index is 12.9. The summed E-state index contributed by atoms with van der Waals surface area (Å²) < 4.78 is 46.0. The van der Waals surface area contributed by atoms with Gasteiger partial charge in [-0.05, 0) is 24.6 Å². The van der Waals surface area contributed by atoms with Gasteiger partial charge in [-0.1, -0.05) is 6.92 Å². The smallest absolute Gasteiger partial charge is 0.379 e. The predicted molar refractivity (Wildman–Crippen MR) is 86.0 cm³/mol. The molecule has 24 heavy (non-hydrogen) atoms. The summed E-state index contributed by atoms with van der Waals surface area (Å²) in [7, 11) is 0. The van der Waals surface area contributed by atoms with E-state index in [2.05, 4.69) is 14.5 Å². The van der Waals surface area contributed by atoms with Crippen molar-refractivity contribution in [3.05, 3.63) is 29.6 Å². The zero-order valence-electron chi connectivity index (χ0n) is 13.8. The zero-order chi connectivity index (χ0) is 17.2. The standard InChI is InChI=1S/C17H22F3N3O/c1-2-16-21-14-12-13(17(18,19)20)4-5-15(14)23(16)7-3-6-22-8-10-24-11-9-22/h4-5,12H,2-3,6-11H2,1H3. The number of benzene rings is 1. The molecule has 0 atom stereocenters. The van der Waals surface area contributed by atoms with Crippen LogP contribution in [0.2, 0.25) is 0 Å². The van der Waals surface area contributed by atoms with Gasteiger partial charge in [-0.15, -0.1) is 0 Å². The van der Waals surface area contributed by atoms with Crippen LogP contribution in [0, 0.1) is 0 Å². The maximum absolute atomic E-state index is 12.9. The minimum Gasteiger partial charge on any atom is -0.379 e. The summed E-state index contributed by atoms with van der Waals surface area (Å²) in [6, 6.07) is 3.83. The van der Waals surface area contributed by atoms with Crippen molar-refractivity contribution in [2.24, 2.45) is 0 Å². The molecular formula is C17H22F3N3O. The van der Waals surface area contributed by atoms with Crippen LogP contribution >= 0.6 is 0 Å². The second-order valence-electron chi connectivity index (χ2n) is 6.04. The van der Waals surface area contributed by atoms with Gasteiger partial charge in [0, 0.05) is 32.6 Å². The number of hydrogen-bond donors (Lipinski definition) is 0. The summed E-state index contributed by atoms with van der Waals surface area (Å²) in [5, 5.41) is 0. The molecule has 3 rings (SSSR count). The van der Waals surface area contributed by atoms with Crippen molar-refractivity contribution < 1.29 is 17.9 Å². The number of hydrogen-bond acceptors (Lipinski definition) is 3. The van der Waals surface area contributed by atoms with Gasteiger partial charge in [-0.25, -0.2) is 4.98 Å². The fraction of sp³-hybridized carbons (Fsp3) is 0.588. The van der Waals surface area contributed by atoms with E-state index < -0.39 is 11.7 Å². The minimum atomic E-state index is -4.33. The number of aryl methyl sites for hydroxylation is 2. The lowest BCUT2D eigenvalue weighted by atomic mass is 10.2. The fourth-order valence-corrected chi connectivity index (χ4v) is 3.15. The molecule has 0 bridgehead atoms. The van der Waals surface area contributed by atoms with Gasteiger partial charge in [-0.2, -0.15) is 13.2 Å². The topological polar surface area (TPSA) is 30.3 Å². The lowest BCUT2D eigenvalue weighted by Crippen LogP contribution is -2.37. The van der Waals surface area contributed by atoms with E-state index in [9.17, 15) is 13.2 Å². The summed E-state index contributed by atoms with van der Waals surface area (Å²) in [4.78, 5) is 6.76. The molecule has 0 saturated carbocycles. The molecule has 2 heterocycles. The van der Waals surface area contributed by atoms with Crippen LogP contribution in [0.15, 0.2) is 18.2 Å². The van der Waals surface area contributed by atoms with Crippen molar-refractivity contribution in [1.82, 2.24) is 14.5 Å². The van der Waals surface area contributed by atoms with E-state index in [4.69, 9.17) is 4.74 Å². The van der Waals surface area contributed by atoms with Crippen LogP contribution in [-0.4, -0.2) is 47.3 Å². The molecule has 2 aromatic rings. The quantitative estimate of drug-likeness (QED) is 0.836. The molecule has 0 radical (unpaired) electrons. The van der Waals surface area contributed by atoms with Crippen LogP contribution < -0.4 is 0 Å². The number of alkyl halides is 3. The molecule has 0 spiro atoms. The Morgan fingerprint density at radius 1 is 1.17 bits per heavy atom. The summed E-state index contributed by atoms with van der Waals surface area (Å²) >= 11 is 0. The number of fused-ring (bicyclic) bond motifs is 1. The van der Waals surface area contributed by atoms with E-state index in [0.717, 1.165) is 69.3 Å². The summed E-state index contributed by atoms with van der Waals surface area (Å²) in [6.45, 7) is 7.14. The molecule has 7 heteroatoms. The molecule has 0 N–H and O–H groups in total. The lowest BCUT2D eigenvalue weighted by Gasteiger charge is -2.26. The van der Waals surface area contributed by atoms with Crippen molar-refractivity contribution in [3.8, 4) is 0 Å². The number of morpholine rings is 1. The first-order chi connectivity index (χ1) is 11.5. The maximum Gasteiger partial charge on any atom is 0.416 e. The van der Waals surface area contributed by atoms with Crippen LogP contribution in [0.25, 0.3) is 11.0 Å². The number of ether oxygens (including phenoxy) is 1. The number of imidazole rings is 1. The van der Waals surface area contributed by atoms with Crippen molar-refractivity contribution in [2.45, 2.75) is 32.5 Å². The van der Waals surface area contributed by atoms with Gasteiger partial charge in [0.05, 0.1) is 29.8 Å². The third-order valence-electron chi connectivity index (χ3n) is 4.43. The van der Waals surface area contributed by atoms with Gasteiger partial charge < -0.3 is 9.30 Å². The van der Waals surface area contributed by atoms with E-state index >= 15 is 0 Å². The van der Waals surface area contributed by atoms with E-state index in [1.54, 1.807) is 6.07 Å². The molecule has 4 nitrogen and oxygen atoms in total. The first-order valence-corrected chi connectivity index (χ1v) is 8.35. The highest BCUT2D eigenvalue weighted by atomic mass is 19.4. The van der Waals surface area contributed by atoms with Crippen LogP contribution in [0.4, 0.5) is 13.2 Å². The van der Waals surface area contributed by atoms with Crippen molar-refractivity contribution >= 4 is 11.0 Å². The highest BCUT2D eigenvalue weighted by molar-refractivity contribution is 5.77. The van der Waals surface area contributed by atoms with Crippen LogP contribution in [0.1, 0.15) is 24.7 Å². The van der Waals surface area contributed by atoms with Crippen molar-refractivity contribution in [1.29, 1.82) is 0 Å². The number of aromatic nitrogens is 2. The molecule has 0 unspecified atom stereocenters. The van der Waals surface area contributed by atoms with Crippen LogP contribution in [-0.2, 0) is 23.9 Å². The van der Waals surface area contributed by atoms with Crippen molar-refractivity contribution in [2.75, 3.05) is 32.8 Å². The van der Waals surface area contributed by atoms with E-state index in [1.807, 2.05) is 6.92 Å². The Balaban J connectivity index is 1.76. The Kier molecular flexibility index (Phi) is 5.10. The van der Waals surface area contributed by atoms with Gasteiger partial charge in [0.1, 0.15) is 5.82 Å². The SMILES string of the molecule is CCc1nc2cc(C(F)(F)F)ccc2n1CCCN1CCOCC1. The largest absolute Gasteiger partial charge is 0.416 e. The lowest BCUT2D eigenvalue weighted by molar-refractivity contribution is -0.137. The molecule has 0 amide bonds. The second kappa shape index (κ2) is 7.11. The Labute approximate surface area is 139 Å².